The molecule has 5 rings (SSSR count). The number of ketones is 1. The van der Waals surface area contributed by atoms with E-state index in [9.17, 15) is 10.1 Å². The van der Waals surface area contributed by atoms with Gasteiger partial charge in [-0.2, -0.15) is 5.26 Å². The molecule has 32 heavy (non-hydrogen) atoms. The maximum atomic E-state index is 13.1. The summed E-state index contributed by atoms with van der Waals surface area (Å²) >= 11 is 1.64. The Labute approximate surface area is 192 Å². The Hall–Kier alpha value is -3.01. The van der Waals surface area contributed by atoms with Crippen molar-refractivity contribution in [2.24, 2.45) is 5.41 Å². The van der Waals surface area contributed by atoms with Crippen LogP contribution in [0.25, 0.3) is 22.4 Å². The standard InChI is InChI=1S/C26H25N3O2S/c1-26(2)14-20-23(25(29-8-10-31-11-9-29)32-24(20)22(30)15-26)19-6-7-28-21(13-19)18-5-3-4-17(12-18)16-27/h3-7,12-13H,8-11,14-15H2,1-2H3. The van der Waals surface area contributed by atoms with Crippen LogP contribution in [0.2, 0.25) is 0 Å². The minimum absolute atomic E-state index is 0.0564. The number of Topliss-reactive ketones (excluding diaryl/α,β-unsaturated/α-hetero) is 1. The van der Waals surface area contributed by atoms with Crippen LogP contribution in [0.3, 0.4) is 0 Å². The molecule has 0 N–H and O–H groups in total. The number of rotatable bonds is 3. The molecular formula is C26H25N3O2S. The molecule has 1 fully saturated rings. The van der Waals surface area contributed by atoms with Gasteiger partial charge < -0.3 is 9.64 Å². The molecule has 3 heterocycles. The number of fused-ring (bicyclic) bond motifs is 1. The highest BCUT2D eigenvalue weighted by Crippen LogP contribution is 2.49. The molecule has 2 aromatic heterocycles. The van der Waals surface area contributed by atoms with Crippen molar-refractivity contribution in [3.63, 3.8) is 0 Å². The summed E-state index contributed by atoms with van der Waals surface area (Å²) in [7, 11) is 0. The molecule has 1 saturated heterocycles. The van der Waals surface area contributed by atoms with Gasteiger partial charge in [-0.15, -0.1) is 11.3 Å². The lowest BCUT2D eigenvalue weighted by atomic mass is 9.75. The predicted molar refractivity (Wildman–Crippen MR) is 127 cm³/mol. The molecule has 1 aliphatic heterocycles. The summed E-state index contributed by atoms with van der Waals surface area (Å²) in [6.07, 6.45) is 3.30. The van der Waals surface area contributed by atoms with Gasteiger partial charge in [0.05, 0.1) is 40.4 Å². The lowest BCUT2D eigenvalue weighted by molar-refractivity contribution is 0.0918. The minimum Gasteiger partial charge on any atom is -0.378 e. The van der Waals surface area contributed by atoms with E-state index >= 15 is 0 Å². The number of pyridine rings is 1. The van der Waals surface area contributed by atoms with Crippen LogP contribution in [-0.4, -0.2) is 37.1 Å². The number of benzene rings is 1. The van der Waals surface area contributed by atoms with E-state index < -0.39 is 0 Å². The summed E-state index contributed by atoms with van der Waals surface area (Å²) < 4.78 is 5.58. The van der Waals surface area contributed by atoms with Gasteiger partial charge in [-0.25, -0.2) is 0 Å². The van der Waals surface area contributed by atoms with E-state index in [4.69, 9.17) is 4.74 Å². The Morgan fingerprint density at radius 1 is 1.12 bits per heavy atom. The first-order valence-corrected chi connectivity index (χ1v) is 11.8. The van der Waals surface area contributed by atoms with Gasteiger partial charge in [0.25, 0.3) is 0 Å². The van der Waals surface area contributed by atoms with E-state index in [2.05, 4.69) is 35.9 Å². The molecule has 0 amide bonds. The third-order valence-corrected chi connectivity index (χ3v) is 7.50. The fraction of sp³-hybridized carbons (Fsp3) is 0.346. The van der Waals surface area contributed by atoms with Crippen LogP contribution in [0.4, 0.5) is 5.00 Å². The number of hydrogen-bond acceptors (Lipinski definition) is 6. The first-order chi connectivity index (χ1) is 15.4. The van der Waals surface area contributed by atoms with Gasteiger partial charge in [-0.05, 0) is 47.2 Å². The molecule has 2 aliphatic rings. The second kappa shape index (κ2) is 8.16. The number of nitrogens with zero attached hydrogens (tertiary/aromatic N) is 3. The number of hydrogen-bond donors (Lipinski definition) is 0. The van der Waals surface area contributed by atoms with E-state index in [1.807, 2.05) is 30.5 Å². The van der Waals surface area contributed by atoms with E-state index in [0.717, 1.165) is 51.8 Å². The second-order valence-corrected chi connectivity index (χ2v) is 10.3. The number of thiophene rings is 1. The molecule has 1 aliphatic carbocycles. The van der Waals surface area contributed by atoms with Crippen LogP contribution in [0.1, 0.15) is 41.1 Å². The van der Waals surface area contributed by atoms with Gasteiger partial charge >= 0.3 is 0 Å². The Kier molecular flexibility index (Phi) is 5.32. The average molecular weight is 444 g/mol. The predicted octanol–water partition coefficient (Wildman–Crippen LogP) is 5.34. The van der Waals surface area contributed by atoms with Crippen molar-refractivity contribution in [1.29, 1.82) is 5.26 Å². The van der Waals surface area contributed by atoms with Crippen LogP contribution in [0, 0.1) is 16.7 Å². The average Bonchev–Trinajstić information content (AvgIpc) is 3.18. The Bertz CT molecular complexity index is 1230. The third kappa shape index (κ3) is 3.83. The number of carbonyl (C=O) groups excluding carboxylic acids is 1. The van der Waals surface area contributed by atoms with Crippen molar-refractivity contribution < 1.29 is 9.53 Å². The number of ether oxygens (including phenoxy) is 1. The summed E-state index contributed by atoms with van der Waals surface area (Å²) in [5.74, 6) is 0.248. The smallest absolute Gasteiger partial charge is 0.173 e. The zero-order valence-corrected chi connectivity index (χ0v) is 19.2. The largest absolute Gasteiger partial charge is 0.378 e. The van der Waals surface area contributed by atoms with Crippen LogP contribution < -0.4 is 4.90 Å². The van der Waals surface area contributed by atoms with Crippen molar-refractivity contribution in [2.75, 3.05) is 31.2 Å². The van der Waals surface area contributed by atoms with Crippen LogP contribution in [0.15, 0.2) is 42.6 Å². The number of nitriles is 1. The molecular weight excluding hydrogens is 418 g/mol. The fourth-order valence-electron chi connectivity index (χ4n) is 4.68. The number of morpholine rings is 1. The molecule has 3 aromatic rings. The monoisotopic (exact) mass is 443 g/mol. The lowest BCUT2D eigenvalue weighted by Crippen LogP contribution is -2.36. The maximum Gasteiger partial charge on any atom is 0.173 e. The topological polar surface area (TPSA) is 66.2 Å². The Morgan fingerprint density at radius 2 is 1.94 bits per heavy atom. The second-order valence-electron chi connectivity index (χ2n) is 9.25. The molecule has 0 saturated carbocycles. The highest BCUT2D eigenvalue weighted by atomic mass is 32.1. The van der Waals surface area contributed by atoms with E-state index in [0.29, 0.717) is 25.2 Å². The first kappa shape index (κ1) is 20.9. The summed E-state index contributed by atoms with van der Waals surface area (Å²) in [6, 6.07) is 13.9. The highest BCUT2D eigenvalue weighted by Gasteiger charge is 2.37. The molecule has 1 aromatic carbocycles. The quantitative estimate of drug-likeness (QED) is 0.547. The number of carbonyl (C=O) groups is 1. The normalized spacial score (nSPS) is 17.7. The van der Waals surface area contributed by atoms with E-state index in [1.54, 1.807) is 17.4 Å². The Morgan fingerprint density at radius 3 is 2.72 bits per heavy atom. The van der Waals surface area contributed by atoms with Gasteiger partial charge in [0.1, 0.15) is 0 Å². The Balaban J connectivity index is 1.67. The molecule has 0 atom stereocenters. The molecule has 0 unspecified atom stereocenters. The van der Waals surface area contributed by atoms with E-state index in [-0.39, 0.29) is 11.2 Å². The molecule has 0 bridgehead atoms. The molecule has 0 radical (unpaired) electrons. The highest BCUT2D eigenvalue weighted by molar-refractivity contribution is 7.19. The van der Waals surface area contributed by atoms with Gasteiger partial charge in [0.2, 0.25) is 0 Å². The van der Waals surface area contributed by atoms with Crippen molar-refractivity contribution in [1.82, 2.24) is 4.98 Å². The number of aromatic nitrogens is 1. The third-order valence-electron chi connectivity index (χ3n) is 6.17. The van der Waals surface area contributed by atoms with Crippen molar-refractivity contribution in [2.45, 2.75) is 26.7 Å². The molecule has 162 valence electrons. The number of anilines is 1. The van der Waals surface area contributed by atoms with Crippen LogP contribution in [-0.2, 0) is 11.2 Å². The van der Waals surface area contributed by atoms with Crippen molar-refractivity contribution >= 4 is 22.1 Å². The SMILES string of the molecule is CC1(C)CC(=O)c2sc(N3CCOCC3)c(-c3ccnc(-c4cccc(C#N)c4)c3)c2C1. The molecule has 5 nitrogen and oxygen atoms in total. The van der Waals surface area contributed by atoms with Crippen molar-refractivity contribution in [3.8, 4) is 28.5 Å². The maximum absolute atomic E-state index is 13.1. The minimum atomic E-state index is -0.0564. The lowest BCUT2D eigenvalue weighted by Gasteiger charge is -2.30. The first-order valence-electron chi connectivity index (χ1n) is 10.9. The molecule has 0 spiro atoms. The van der Waals surface area contributed by atoms with E-state index in [1.165, 1.54) is 5.56 Å². The van der Waals surface area contributed by atoms with Gasteiger partial charge in [-0.1, -0.05) is 26.0 Å². The summed E-state index contributed by atoms with van der Waals surface area (Å²) in [5, 5.41) is 10.4. The fourth-order valence-corrected chi connectivity index (χ4v) is 6.01. The van der Waals surface area contributed by atoms with Crippen molar-refractivity contribution in [3.05, 3.63) is 58.6 Å². The molecule has 6 heteroatoms. The van der Waals surface area contributed by atoms with Gasteiger partial charge in [0, 0.05) is 36.8 Å². The van der Waals surface area contributed by atoms with Gasteiger partial charge in [0.15, 0.2) is 5.78 Å². The summed E-state index contributed by atoms with van der Waals surface area (Å²) in [6.45, 7) is 7.40. The summed E-state index contributed by atoms with van der Waals surface area (Å²) in [4.78, 5) is 20.9. The zero-order valence-electron chi connectivity index (χ0n) is 18.4. The van der Waals surface area contributed by atoms with Gasteiger partial charge in [-0.3, -0.25) is 9.78 Å². The van der Waals surface area contributed by atoms with Crippen LogP contribution in [0.5, 0.6) is 0 Å². The zero-order chi connectivity index (χ0) is 22.3. The summed E-state index contributed by atoms with van der Waals surface area (Å²) in [5.41, 5.74) is 5.70. The van der Waals surface area contributed by atoms with Crippen LogP contribution >= 0.6 is 11.3 Å².